The van der Waals surface area contributed by atoms with Crippen LogP contribution in [0.25, 0.3) is 11.0 Å². The molecule has 6 heteroatoms. The molecule has 24 heavy (non-hydrogen) atoms. The highest BCUT2D eigenvalue weighted by atomic mass is 35.5. The fraction of sp³-hybridized carbons (Fsp3) is 0.222. The maximum absolute atomic E-state index is 12.2. The quantitative estimate of drug-likeness (QED) is 0.739. The molecule has 1 amide bonds. The molecule has 0 spiro atoms. The molecule has 0 saturated heterocycles. The van der Waals surface area contributed by atoms with E-state index in [2.05, 4.69) is 21.8 Å². The Morgan fingerprint density at radius 2 is 2.00 bits per heavy atom. The van der Waals surface area contributed by atoms with E-state index in [0.29, 0.717) is 16.6 Å². The molecule has 1 aromatic heterocycles. The van der Waals surface area contributed by atoms with Crippen LogP contribution in [0.15, 0.2) is 42.5 Å². The molecule has 0 bridgehead atoms. The molecule has 4 nitrogen and oxygen atoms in total. The number of halogens is 2. The lowest BCUT2D eigenvalue weighted by atomic mass is 10.1. The summed E-state index contributed by atoms with van der Waals surface area (Å²) < 4.78 is 2.10. The Hall–Kier alpha value is -2.04. The summed E-state index contributed by atoms with van der Waals surface area (Å²) in [6.07, 6.45) is 0.211. The van der Waals surface area contributed by atoms with Gasteiger partial charge in [-0.3, -0.25) is 4.79 Å². The number of nitrogens with one attached hydrogen (secondary N) is 1. The maximum atomic E-state index is 12.2. The number of hydrogen-bond donors (Lipinski definition) is 1. The van der Waals surface area contributed by atoms with Crippen molar-refractivity contribution < 1.29 is 4.79 Å². The minimum atomic E-state index is -0.103. The SMILES string of the molecule is CCn1c(CNC(=O)Cc2ccc(Cl)cc2Cl)nc2ccccc21. The Labute approximate surface area is 150 Å². The summed E-state index contributed by atoms with van der Waals surface area (Å²) in [7, 11) is 0. The Kier molecular flexibility index (Phi) is 5.07. The number of fused-ring (bicyclic) bond motifs is 1. The number of carbonyl (C=O) groups excluding carboxylic acids is 1. The van der Waals surface area contributed by atoms with E-state index in [1.54, 1.807) is 18.2 Å². The number of carbonyl (C=O) groups is 1. The van der Waals surface area contributed by atoms with Crippen LogP contribution in [0.1, 0.15) is 18.3 Å². The summed E-state index contributed by atoms with van der Waals surface area (Å²) in [6, 6.07) is 13.1. The topological polar surface area (TPSA) is 46.9 Å². The first-order valence-corrected chi connectivity index (χ1v) is 8.49. The number of para-hydroxylation sites is 2. The van der Waals surface area contributed by atoms with Gasteiger partial charge >= 0.3 is 0 Å². The van der Waals surface area contributed by atoms with E-state index in [4.69, 9.17) is 23.2 Å². The standard InChI is InChI=1S/C18H17Cl2N3O/c1-2-23-16-6-4-3-5-15(16)22-17(23)11-21-18(24)9-12-7-8-13(19)10-14(12)20/h3-8,10H,2,9,11H2,1H3,(H,21,24). The molecule has 0 saturated carbocycles. The third kappa shape index (κ3) is 3.55. The van der Waals surface area contributed by atoms with Crippen molar-refractivity contribution in [3.8, 4) is 0 Å². The second-order valence-corrected chi connectivity index (χ2v) is 6.29. The van der Waals surface area contributed by atoms with Gasteiger partial charge in [-0.15, -0.1) is 0 Å². The maximum Gasteiger partial charge on any atom is 0.224 e. The lowest BCUT2D eigenvalue weighted by Gasteiger charge is -2.09. The van der Waals surface area contributed by atoms with Gasteiger partial charge in [-0.1, -0.05) is 41.4 Å². The molecule has 0 radical (unpaired) electrons. The zero-order valence-electron chi connectivity index (χ0n) is 13.2. The van der Waals surface area contributed by atoms with Gasteiger partial charge in [0.1, 0.15) is 5.82 Å². The van der Waals surface area contributed by atoms with E-state index in [1.165, 1.54) is 0 Å². The minimum Gasteiger partial charge on any atom is -0.349 e. The predicted octanol–water partition coefficient (Wildman–Crippen LogP) is 4.22. The average Bonchev–Trinajstić information content (AvgIpc) is 2.93. The van der Waals surface area contributed by atoms with Gasteiger partial charge in [0, 0.05) is 16.6 Å². The van der Waals surface area contributed by atoms with E-state index in [0.717, 1.165) is 29.0 Å². The highest BCUT2D eigenvalue weighted by molar-refractivity contribution is 6.35. The monoisotopic (exact) mass is 361 g/mol. The summed E-state index contributed by atoms with van der Waals surface area (Å²) >= 11 is 12.0. The molecule has 3 aromatic rings. The number of benzene rings is 2. The molecule has 0 atom stereocenters. The Morgan fingerprint density at radius 3 is 2.75 bits per heavy atom. The number of rotatable bonds is 5. The molecule has 3 rings (SSSR count). The molecule has 0 aliphatic heterocycles. The highest BCUT2D eigenvalue weighted by Gasteiger charge is 2.11. The summed E-state index contributed by atoms with van der Waals surface area (Å²) in [5, 5.41) is 3.97. The molecule has 0 fully saturated rings. The fourth-order valence-corrected chi connectivity index (χ4v) is 3.17. The molecule has 1 heterocycles. The van der Waals surface area contributed by atoms with Crippen molar-refractivity contribution in [2.45, 2.75) is 26.4 Å². The van der Waals surface area contributed by atoms with E-state index < -0.39 is 0 Å². The molecule has 0 aliphatic carbocycles. The van der Waals surface area contributed by atoms with Crippen molar-refractivity contribution >= 4 is 40.1 Å². The first-order valence-electron chi connectivity index (χ1n) is 7.73. The zero-order chi connectivity index (χ0) is 17.1. The highest BCUT2D eigenvalue weighted by Crippen LogP contribution is 2.21. The van der Waals surface area contributed by atoms with Crippen molar-refractivity contribution in [3.05, 3.63) is 63.9 Å². The number of amides is 1. The first kappa shape index (κ1) is 16.8. The van der Waals surface area contributed by atoms with Crippen LogP contribution in [0.4, 0.5) is 0 Å². The summed E-state index contributed by atoms with van der Waals surface area (Å²) in [5.74, 6) is 0.739. The van der Waals surface area contributed by atoms with Crippen molar-refractivity contribution in [3.63, 3.8) is 0 Å². The minimum absolute atomic E-state index is 0.103. The molecule has 124 valence electrons. The van der Waals surface area contributed by atoms with Gasteiger partial charge in [-0.2, -0.15) is 0 Å². The van der Waals surface area contributed by atoms with Crippen LogP contribution < -0.4 is 5.32 Å². The van der Waals surface area contributed by atoms with Gasteiger partial charge in [-0.25, -0.2) is 4.98 Å². The molecule has 1 N–H and O–H groups in total. The third-order valence-corrected chi connectivity index (χ3v) is 4.45. The third-order valence-electron chi connectivity index (χ3n) is 3.86. The van der Waals surface area contributed by atoms with Crippen molar-refractivity contribution in [1.29, 1.82) is 0 Å². The molecule has 2 aromatic carbocycles. The fourth-order valence-electron chi connectivity index (χ4n) is 2.69. The molecular formula is C18H17Cl2N3O. The van der Waals surface area contributed by atoms with Gasteiger partial charge in [0.15, 0.2) is 0 Å². The van der Waals surface area contributed by atoms with Crippen LogP contribution in [0.3, 0.4) is 0 Å². The summed E-state index contributed by atoms with van der Waals surface area (Å²) in [5.41, 5.74) is 2.76. The Bertz CT molecular complexity index is 889. The van der Waals surface area contributed by atoms with Gasteiger partial charge < -0.3 is 9.88 Å². The van der Waals surface area contributed by atoms with Gasteiger partial charge in [0.05, 0.1) is 24.0 Å². The van der Waals surface area contributed by atoms with Crippen LogP contribution >= 0.6 is 23.2 Å². The summed E-state index contributed by atoms with van der Waals surface area (Å²) in [6.45, 7) is 3.24. The van der Waals surface area contributed by atoms with Crippen LogP contribution in [0, 0.1) is 0 Å². The van der Waals surface area contributed by atoms with Crippen LogP contribution in [0.5, 0.6) is 0 Å². The lowest BCUT2D eigenvalue weighted by Crippen LogP contribution is -2.26. The van der Waals surface area contributed by atoms with Crippen molar-refractivity contribution in [2.75, 3.05) is 0 Å². The number of nitrogens with zero attached hydrogens (tertiary/aromatic N) is 2. The van der Waals surface area contributed by atoms with Crippen LogP contribution in [0.2, 0.25) is 10.0 Å². The van der Waals surface area contributed by atoms with E-state index in [-0.39, 0.29) is 12.3 Å². The first-order chi connectivity index (χ1) is 11.6. The van der Waals surface area contributed by atoms with Gasteiger partial charge in [0.25, 0.3) is 0 Å². The van der Waals surface area contributed by atoms with E-state index in [9.17, 15) is 4.79 Å². The largest absolute Gasteiger partial charge is 0.349 e. The second kappa shape index (κ2) is 7.24. The average molecular weight is 362 g/mol. The smallest absolute Gasteiger partial charge is 0.224 e. The van der Waals surface area contributed by atoms with Gasteiger partial charge in [-0.05, 0) is 36.8 Å². The van der Waals surface area contributed by atoms with Crippen LogP contribution in [-0.2, 0) is 24.3 Å². The number of imidazole rings is 1. The number of aryl methyl sites for hydroxylation is 1. The Balaban J connectivity index is 1.70. The normalized spacial score (nSPS) is 11.0. The van der Waals surface area contributed by atoms with Crippen molar-refractivity contribution in [1.82, 2.24) is 14.9 Å². The van der Waals surface area contributed by atoms with E-state index in [1.807, 2.05) is 24.3 Å². The summed E-state index contributed by atoms with van der Waals surface area (Å²) in [4.78, 5) is 16.8. The van der Waals surface area contributed by atoms with Crippen molar-refractivity contribution in [2.24, 2.45) is 0 Å². The second-order valence-electron chi connectivity index (χ2n) is 5.45. The van der Waals surface area contributed by atoms with Crippen LogP contribution in [-0.4, -0.2) is 15.5 Å². The molecular weight excluding hydrogens is 345 g/mol. The van der Waals surface area contributed by atoms with Gasteiger partial charge in [0.2, 0.25) is 5.91 Å². The molecule has 0 unspecified atom stereocenters. The van der Waals surface area contributed by atoms with E-state index >= 15 is 0 Å². The molecule has 0 aliphatic rings. The Morgan fingerprint density at radius 1 is 1.21 bits per heavy atom. The predicted molar refractivity (Wildman–Crippen MR) is 97.4 cm³/mol. The zero-order valence-corrected chi connectivity index (χ0v) is 14.7. The number of hydrogen-bond acceptors (Lipinski definition) is 2. The lowest BCUT2D eigenvalue weighted by molar-refractivity contribution is -0.120. The number of aromatic nitrogens is 2.